The van der Waals surface area contributed by atoms with Gasteiger partial charge in [-0.05, 0) is 42.7 Å². The summed E-state index contributed by atoms with van der Waals surface area (Å²) < 4.78 is 10.6. The summed E-state index contributed by atoms with van der Waals surface area (Å²) >= 11 is 1.54. The first-order chi connectivity index (χ1) is 12.1. The molecule has 25 heavy (non-hydrogen) atoms. The summed E-state index contributed by atoms with van der Waals surface area (Å²) in [6, 6.07) is 1.94. The van der Waals surface area contributed by atoms with E-state index >= 15 is 0 Å². The van der Waals surface area contributed by atoms with Crippen molar-refractivity contribution >= 4 is 17.9 Å². The molecular weight excluding hydrogens is 332 g/mol. The number of aromatic nitrogens is 1. The molecule has 2 heterocycles. The molecule has 1 N–H and O–H groups in total. The molecule has 1 fully saturated rings. The van der Waals surface area contributed by atoms with Gasteiger partial charge in [0.05, 0.1) is 18.8 Å². The number of rotatable bonds is 8. The Morgan fingerprint density at radius 3 is 3.00 bits per heavy atom. The van der Waals surface area contributed by atoms with Crippen LogP contribution in [0.5, 0.6) is 0 Å². The Labute approximate surface area is 155 Å². The van der Waals surface area contributed by atoms with Crippen LogP contribution in [0, 0.1) is 11.8 Å². The summed E-state index contributed by atoms with van der Waals surface area (Å²) in [5.41, 5.74) is 1.81. The molecule has 1 amide bonds. The van der Waals surface area contributed by atoms with Gasteiger partial charge in [-0.1, -0.05) is 45.3 Å². The van der Waals surface area contributed by atoms with E-state index in [0.29, 0.717) is 17.8 Å². The van der Waals surface area contributed by atoms with Crippen molar-refractivity contribution in [2.45, 2.75) is 64.4 Å². The van der Waals surface area contributed by atoms with E-state index < -0.39 is 0 Å². The topological polar surface area (TPSA) is 43.3 Å². The van der Waals surface area contributed by atoms with Crippen LogP contribution in [0.15, 0.2) is 24.4 Å². The molecule has 0 bridgehead atoms. The fourth-order valence-electron chi connectivity index (χ4n) is 3.19. The Hall–Kier alpha value is -1.20. The zero-order valence-electron chi connectivity index (χ0n) is 15.4. The van der Waals surface area contributed by atoms with Crippen molar-refractivity contribution in [2.75, 3.05) is 6.61 Å². The van der Waals surface area contributed by atoms with Crippen molar-refractivity contribution in [3.8, 4) is 0 Å². The van der Waals surface area contributed by atoms with E-state index in [-0.39, 0.29) is 5.91 Å². The Kier molecular flexibility index (Phi) is 6.65. The Balaban J connectivity index is 1.39. The molecule has 1 aromatic rings. The van der Waals surface area contributed by atoms with Crippen molar-refractivity contribution in [3.63, 3.8) is 0 Å². The van der Waals surface area contributed by atoms with Crippen LogP contribution in [0.25, 0.3) is 0 Å². The highest BCUT2D eigenvalue weighted by molar-refractivity contribution is 7.98. The van der Waals surface area contributed by atoms with Gasteiger partial charge in [0, 0.05) is 23.7 Å². The number of carbonyl (C=O) groups excluding carboxylic acids is 1. The third-order valence-electron chi connectivity index (χ3n) is 5.48. The first-order valence-corrected chi connectivity index (χ1v) is 10.4. The molecular formula is C20H30N2O2S. The molecule has 1 aliphatic carbocycles. The lowest BCUT2D eigenvalue weighted by Crippen LogP contribution is -2.21. The first-order valence-electron chi connectivity index (χ1n) is 9.51. The smallest absolute Gasteiger partial charge is 0.262 e. The summed E-state index contributed by atoms with van der Waals surface area (Å²) in [6.45, 7) is 6.59. The lowest BCUT2D eigenvalue weighted by atomic mass is 9.83. The molecule has 0 spiro atoms. The Morgan fingerprint density at radius 1 is 1.44 bits per heavy atom. The summed E-state index contributed by atoms with van der Waals surface area (Å²) in [5.74, 6) is 1.47. The summed E-state index contributed by atoms with van der Waals surface area (Å²) in [5, 5.41) is 0.387. The molecule has 0 aromatic carbocycles. The number of nitrogens with zero attached hydrogens (tertiary/aromatic N) is 1. The maximum atomic E-state index is 12.4. The van der Waals surface area contributed by atoms with Crippen LogP contribution in [0.4, 0.5) is 0 Å². The molecule has 3 rings (SSSR count). The molecule has 0 radical (unpaired) electrons. The minimum Gasteiger partial charge on any atom is -0.373 e. The molecule has 2 atom stereocenters. The fourth-order valence-corrected chi connectivity index (χ4v) is 3.94. The summed E-state index contributed by atoms with van der Waals surface area (Å²) in [7, 11) is 0. The monoisotopic (exact) mass is 362 g/mol. The van der Waals surface area contributed by atoms with Gasteiger partial charge in [0.2, 0.25) is 0 Å². The summed E-state index contributed by atoms with van der Waals surface area (Å²) in [4.78, 5) is 12.4. The van der Waals surface area contributed by atoms with Gasteiger partial charge < -0.3 is 9.30 Å². The van der Waals surface area contributed by atoms with E-state index in [9.17, 15) is 4.79 Å². The normalized spacial score (nSPS) is 20.1. The van der Waals surface area contributed by atoms with E-state index in [4.69, 9.17) is 4.74 Å². The van der Waals surface area contributed by atoms with E-state index in [0.717, 1.165) is 36.7 Å². The van der Waals surface area contributed by atoms with Crippen LogP contribution in [0.3, 0.4) is 0 Å². The Morgan fingerprint density at radius 2 is 2.28 bits per heavy atom. The van der Waals surface area contributed by atoms with Crippen LogP contribution in [-0.2, 0) is 17.9 Å². The van der Waals surface area contributed by atoms with Crippen LogP contribution < -0.4 is 4.72 Å². The SMILES string of the molecule is C[C@@H](C/C=C/CC1CCC1)[C@@H](C)SNC(=O)c1cc2n(c1)CCOC2. The maximum Gasteiger partial charge on any atom is 0.262 e. The molecule has 138 valence electrons. The average Bonchev–Trinajstić information content (AvgIpc) is 3.01. The van der Waals surface area contributed by atoms with Gasteiger partial charge in [0.25, 0.3) is 5.91 Å². The second kappa shape index (κ2) is 8.95. The highest BCUT2D eigenvalue weighted by Crippen LogP contribution is 2.30. The van der Waals surface area contributed by atoms with E-state index in [2.05, 4.69) is 35.3 Å². The molecule has 0 unspecified atom stereocenters. The van der Waals surface area contributed by atoms with Gasteiger partial charge in [-0.15, -0.1) is 0 Å². The van der Waals surface area contributed by atoms with E-state index in [1.807, 2.05) is 12.3 Å². The van der Waals surface area contributed by atoms with Gasteiger partial charge in [-0.25, -0.2) is 0 Å². The van der Waals surface area contributed by atoms with Gasteiger partial charge in [-0.3, -0.25) is 9.52 Å². The number of hydrogen-bond acceptors (Lipinski definition) is 3. The number of allylic oxidation sites excluding steroid dienone is 2. The predicted octanol–water partition coefficient (Wildman–Crippen LogP) is 4.56. The fraction of sp³-hybridized carbons (Fsp3) is 0.650. The lowest BCUT2D eigenvalue weighted by Gasteiger charge is -2.23. The van der Waals surface area contributed by atoms with Crippen molar-refractivity contribution in [1.82, 2.24) is 9.29 Å². The van der Waals surface area contributed by atoms with Crippen molar-refractivity contribution in [3.05, 3.63) is 35.7 Å². The van der Waals surface area contributed by atoms with E-state index in [1.165, 1.54) is 37.6 Å². The Bertz CT molecular complexity index is 583. The van der Waals surface area contributed by atoms with Gasteiger partial charge in [0.15, 0.2) is 0 Å². The van der Waals surface area contributed by atoms with Crippen LogP contribution in [0.2, 0.25) is 0 Å². The number of ether oxygens (including phenoxy) is 1. The van der Waals surface area contributed by atoms with Crippen molar-refractivity contribution in [2.24, 2.45) is 11.8 Å². The third-order valence-corrected chi connectivity index (χ3v) is 6.62. The van der Waals surface area contributed by atoms with Crippen LogP contribution >= 0.6 is 11.9 Å². The number of hydrogen-bond donors (Lipinski definition) is 1. The highest BCUT2D eigenvalue weighted by Gasteiger charge is 2.18. The second-order valence-electron chi connectivity index (χ2n) is 7.44. The highest BCUT2D eigenvalue weighted by atomic mass is 32.2. The van der Waals surface area contributed by atoms with Crippen LogP contribution in [0.1, 0.15) is 62.0 Å². The molecule has 4 nitrogen and oxygen atoms in total. The quantitative estimate of drug-likeness (QED) is 0.545. The lowest BCUT2D eigenvalue weighted by molar-refractivity contribution is 0.0850. The van der Waals surface area contributed by atoms with Gasteiger partial charge in [0.1, 0.15) is 0 Å². The number of amides is 1. The minimum absolute atomic E-state index is 0.00789. The molecule has 5 heteroatoms. The number of carbonyl (C=O) groups is 1. The van der Waals surface area contributed by atoms with Crippen molar-refractivity contribution in [1.29, 1.82) is 0 Å². The summed E-state index contributed by atoms with van der Waals surface area (Å²) in [6.07, 6.45) is 13.2. The molecule has 1 aromatic heterocycles. The van der Waals surface area contributed by atoms with Gasteiger partial charge >= 0.3 is 0 Å². The number of fused-ring (bicyclic) bond motifs is 1. The minimum atomic E-state index is -0.00789. The predicted molar refractivity (Wildman–Crippen MR) is 103 cm³/mol. The first kappa shape index (κ1) is 18.6. The second-order valence-corrected chi connectivity index (χ2v) is 8.62. The average molecular weight is 363 g/mol. The molecule has 0 saturated heterocycles. The molecule has 1 aliphatic heterocycles. The van der Waals surface area contributed by atoms with Crippen molar-refractivity contribution < 1.29 is 9.53 Å². The van der Waals surface area contributed by atoms with E-state index in [1.54, 1.807) is 0 Å². The van der Waals surface area contributed by atoms with Crippen LogP contribution in [-0.4, -0.2) is 22.3 Å². The zero-order chi connectivity index (χ0) is 17.6. The number of nitrogens with one attached hydrogen (secondary N) is 1. The standard InChI is InChI=1S/C20H30N2O2S/c1-15(6-3-4-7-17-8-5-9-17)16(2)25-21-20(23)18-12-19-14-24-11-10-22(19)13-18/h3-4,12-13,15-17H,5-11,14H2,1-2H3,(H,21,23)/b4-3+/t15-,16+/m0/s1. The van der Waals surface area contributed by atoms with Gasteiger partial charge in [-0.2, -0.15) is 0 Å². The molecule has 2 aliphatic rings. The molecule has 1 saturated carbocycles. The maximum absolute atomic E-state index is 12.4. The third kappa shape index (κ3) is 5.14. The largest absolute Gasteiger partial charge is 0.373 e. The zero-order valence-corrected chi connectivity index (χ0v) is 16.2.